The van der Waals surface area contributed by atoms with Crippen molar-refractivity contribution < 1.29 is 4.74 Å². The van der Waals surface area contributed by atoms with Crippen molar-refractivity contribution in [2.45, 2.75) is 33.6 Å². The zero-order chi connectivity index (χ0) is 16.2. The van der Waals surface area contributed by atoms with Gasteiger partial charge < -0.3 is 9.64 Å². The standard InChI is InChI=1S/C17H23N5O/c1-12-13(2)20-11-21-16(12)22-8-4-15(5-9-22)10-23-17-14(3)18-6-7-19-17/h6-7,11,15H,4-5,8-10H2,1-3H3. The van der Waals surface area contributed by atoms with Crippen LogP contribution in [-0.4, -0.2) is 39.6 Å². The number of anilines is 1. The third-order valence-electron chi connectivity index (χ3n) is 4.52. The molecule has 3 heterocycles. The maximum atomic E-state index is 5.84. The first kappa shape index (κ1) is 15.6. The van der Waals surface area contributed by atoms with Crippen LogP contribution in [0, 0.1) is 26.7 Å². The average Bonchev–Trinajstić information content (AvgIpc) is 2.57. The lowest BCUT2D eigenvalue weighted by molar-refractivity contribution is 0.214. The Labute approximate surface area is 137 Å². The second-order valence-electron chi connectivity index (χ2n) is 6.10. The molecule has 0 aliphatic carbocycles. The number of rotatable bonds is 4. The van der Waals surface area contributed by atoms with Gasteiger partial charge in [-0.3, -0.25) is 4.98 Å². The van der Waals surface area contributed by atoms with Crippen molar-refractivity contribution in [2.75, 3.05) is 24.6 Å². The molecule has 0 spiro atoms. The SMILES string of the molecule is Cc1nccnc1OCC1CCN(c2ncnc(C)c2C)CC1. The zero-order valence-corrected chi connectivity index (χ0v) is 14.0. The molecule has 0 amide bonds. The third-order valence-corrected chi connectivity index (χ3v) is 4.52. The van der Waals surface area contributed by atoms with Gasteiger partial charge in [-0.25, -0.2) is 15.0 Å². The van der Waals surface area contributed by atoms with Gasteiger partial charge in [0.25, 0.3) is 0 Å². The van der Waals surface area contributed by atoms with Gasteiger partial charge in [0.05, 0.1) is 12.3 Å². The Morgan fingerprint density at radius 1 is 1.00 bits per heavy atom. The molecule has 0 atom stereocenters. The lowest BCUT2D eigenvalue weighted by atomic mass is 9.97. The summed E-state index contributed by atoms with van der Waals surface area (Å²) in [6.45, 7) is 8.76. The van der Waals surface area contributed by atoms with E-state index in [4.69, 9.17) is 4.74 Å². The highest BCUT2D eigenvalue weighted by molar-refractivity contribution is 5.47. The minimum atomic E-state index is 0.552. The summed E-state index contributed by atoms with van der Waals surface area (Å²) in [5.74, 6) is 2.27. The van der Waals surface area contributed by atoms with E-state index in [2.05, 4.69) is 31.8 Å². The number of hydrogen-bond donors (Lipinski definition) is 0. The molecule has 6 nitrogen and oxygen atoms in total. The fraction of sp³-hybridized carbons (Fsp3) is 0.529. The summed E-state index contributed by atoms with van der Waals surface area (Å²) in [6, 6.07) is 0. The number of hydrogen-bond acceptors (Lipinski definition) is 6. The Morgan fingerprint density at radius 3 is 2.48 bits per heavy atom. The minimum Gasteiger partial charge on any atom is -0.476 e. The summed E-state index contributed by atoms with van der Waals surface area (Å²) in [7, 11) is 0. The number of aryl methyl sites for hydroxylation is 2. The van der Waals surface area contributed by atoms with E-state index >= 15 is 0 Å². The molecule has 23 heavy (non-hydrogen) atoms. The van der Waals surface area contributed by atoms with Crippen LogP contribution in [0.15, 0.2) is 18.7 Å². The molecular weight excluding hydrogens is 290 g/mol. The summed E-state index contributed by atoms with van der Waals surface area (Å²) in [6.07, 6.45) is 7.21. The normalized spacial score (nSPS) is 15.7. The van der Waals surface area contributed by atoms with Crippen LogP contribution in [0.3, 0.4) is 0 Å². The van der Waals surface area contributed by atoms with Gasteiger partial charge in [-0.2, -0.15) is 0 Å². The first-order valence-corrected chi connectivity index (χ1v) is 8.08. The monoisotopic (exact) mass is 313 g/mol. The third kappa shape index (κ3) is 3.57. The number of ether oxygens (including phenoxy) is 1. The number of nitrogens with zero attached hydrogens (tertiary/aromatic N) is 5. The minimum absolute atomic E-state index is 0.552. The molecular formula is C17H23N5O. The van der Waals surface area contributed by atoms with Crippen LogP contribution in [0.4, 0.5) is 5.82 Å². The maximum absolute atomic E-state index is 5.84. The molecule has 0 aromatic carbocycles. The molecule has 0 bridgehead atoms. The fourth-order valence-corrected chi connectivity index (χ4v) is 2.89. The average molecular weight is 313 g/mol. The Hall–Kier alpha value is -2.24. The highest BCUT2D eigenvalue weighted by Gasteiger charge is 2.22. The quantitative estimate of drug-likeness (QED) is 0.864. The van der Waals surface area contributed by atoms with Crippen molar-refractivity contribution in [1.82, 2.24) is 19.9 Å². The highest BCUT2D eigenvalue weighted by Crippen LogP contribution is 2.25. The highest BCUT2D eigenvalue weighted by atomic mass is 16.5. The van der Waals surface area contributed by atoms with E-state index in [0.29, 0.717) is 18.4 Å². The molecule has 2 aromatic heterocycles. The summed E-state index contributed by atoms with van der Waals surface area (Å²) < 4.78 is 5.84. The number of aromatic nitrogens is 4. The first-order valence-electron chi connectivity index (χ1n) is 8.08. The maximum Gasteiger partial charge on any atom is 0.235 e. The van der Waals surface area contributed by atoms with Gasteiger partial charge in [-0.15, -0.1) is 0 Å². The molecule has 2 aromatic rings. The molecule has 0 N–H and O–H groups in total. The van der Waals surface area contributed by atoms with E-state index < -0.39 is 0 Å². The summed E-state index contributed by atoms with van der Waals surface area (Å²) in [5.41, 5.74) is 3.08. The molecule has 1 aliphatic rings. The van der Waals surface area contributed by atoms with Crippen molar-refractivity contribution in [3.8, 4) is 5.88 Å². The van der Waals surface area contributed by atoms with Gasteiger partial charge in [-0.1, -0.05) is 0 Å². The van der Waals surface area contributed by atoms with Crippen molar-refractivity contribution in [2.24, 2.45) is 5.92 Å². The fourth-order valence-electron chi connectivity index (χ4n) is 2.89. The molecule has 1 aliphatic heterocycles. The van der Waals surface area contributed by atoms with Crippen LogP contribution >= 0.6 is 0 Å². The van der Waals surface area contributed by atoms with Crippen molar-refractivity contribution in [3.63, 3.8) is 0 Å². The Balaban J connectivity index is 1.54. The predicted octanol–water partition coefficient (Wildman–Crippen LogP) is 2.49. The molecule has 0 saturated carbocycles. The van der Waals surface area contributed by atoms with Gasteiger partial charge >= 0.3 is 0 Å². The van der Waals surface area contributed by atoms with Crippen molar-refractivity contribution in [3.05, 3.63) is 35.7 Å². The zero-order valence-electron chi connectivity index (χ0n) is 14.0. The van der Waals surface area contributed by atoms with Gasteiger partial charge in [0.1, 0.15) is 12.1 Å². The predicted molar refractivity (Wildman–Crippen MR) is 88.7 cm³/mol. The largest absolute Gasteiger partial charge is 0.476 e. The van der Waals surface area contributed by atoms with Crippen LogP contribution in [-0.2, 0) is 0 Å². The van der Waals surface area contributed by atoms with Crippen molar-refractivity contribution in [1.29, 1.82) is 0 Å². The van der Waals surface area contributed by atoms with Crippen molar-refractivity contribution >= 4 is 5.82 Å². The van der Waals surface area contributed by atoms with Gasteiger partial charge in [0.15, 0.2) is 0 Å². The van der Waals surface area contributed by atoms with E-state index in [0.717, 1.165) is 43.1 Å². The molecule has 6 heteroatoms. The molecule has 0 radical (unpaired) electrons. The van der Waals surface area contributed by atoms with E-state index in [1.807, 2.05) is 13.8 Å². The second-order valence-corrected chi connectivity index (χ2v) is 6.10. The molecule has 0 unspecified atom stereocenters. The summed E-state index contributed by atoms with van der Waals surface area (Å²) in [4.78, 5) is 19.5. The Morgan fingerprint density at radius 2 is 1.74 bits per heavy atom. The topological polar surface area (TPSA) is 64.0 Å². The van der Waals surface area contributed by atoms with Crippen LogP contribution in [0.2, 0.25) is 0 Å². The van der Waals surface area contributed by atoms with Crippen LogP contribution in [0.25, 0.3) is 0 Å². The van der Waals surface area contributed by atoms with Crippen LogP contribution < -0.4 is 9.64 Å². The second kappa shape index (κ2) is 6.89. The van der Waals surface area contributed by atoms with E-state index in [9.17, 15) is 0 Å². The van der Waals surface area contributed by atoms with Gasteiger partial charge in [0, 0.05) is 36.7 Å². The smallest absolute Gasteiger partial charge is 0.235 e. The van der Waals surface area contributed by atoms with Crippen LogP contribution in [0.5, 0.6) is 5.88 Å². The lowest BCUT2D eigenvalue weighted by Crippen LogP contribution is -2.36. The van der Waals surface area contributed by atoms with E-state index in [1.54, 1.807) is 18.7 Å². The lowest BCUT2D eigenvalue weighted by Gasteiger charge is -2.33. The Kier molecular flexibility index (Phi) is 4.69. The Bertz CT molecular complexity index is 668. The molecule has 1 saturated heterocycles. The van der Waals surface area contributed by atoms with Crippen LogP contribution in [0.1, 0.15) is 29.8 Å². The molecule has 1 fully saturated rings. The summed E-state index contributed by atoms with van der Waals surface area (Å²) >= 11 is 0. The van der Waals surface area contributed by atoms with E-state index in [1.165, 1.54) is 5.56 Å². The van der Waals surface area contributed by atoms with Gasteiger partial charge in [-0.05, 0) is 39.5 Å². The molecule has 122 valence electrons. The summed E-state index contributed by atoms with van der Waals surface area (Å²) in [5, 5.41) is 0. The molecule has 3 rings (SSSR count). The van der Waals surface area contributed by atoms with E-state index in [-0.39, 0.29) is 0 Å². The first-order chi connectivity index (χ1) is 11.1. The number of piperidine rings is 1. The van der Waals surface area contributed by atoms with Gasteiger partial charge in [0.2, 0.25) is 5.88 Å².